The molecule has 0 atom stereocenters. The van der Waals surface area contributed by atoms with Gasteiger partial charge in [-0.15, -0.1) is 0 Å². The molecule has 1 aliphatic rings. The molecule has 0 spiro atoms. The molecule has 0 saturated carbocycles. The molecule has 0 fully saturated rings. The summed E-state index contributed by atoms with van der Waals surface area (Å²) in [6.07, 6.45) is 0. The Balaban J connectivity index is 1.02. The topological polar surface area (TPSA) is 13.1 Å². The van der Waals surface area contributed by atoms with Gasteiger partial charge in [0, 0.05) is 21.6 Å². The van der Waals surface area contributed by atoms with E-state index < -0.39 is 0 Å². The molecule has 1 heterocycles. The summed E-state index contributed by atoms with van der Waals surface area (Å²) in [6, 6.07) is 71.7. The van der Waals surface area contributed by atoms with Crippen LogP contribution in [0.15, 0.2) is 199 Å². The van der Waals surface area contributed by atoms with Gasteiger partial charge in [-0.3, -0.25) is 0 Å². The number of hydrogen-bond donors (Lipinski definition) is 0. The standard InChI is InChI=1S/C59H38O/c1-59(2)51-31-28-38(54-45-23-12-10-21-43(45)53(36-16-4-3-5-17-36)44-22-11-13-24-46(44)54)34-50(51)47-26-14-25-40(57(47)59)37-27-30-48-49(33-37)41-19-8-9-20-42(41)56-55-39-18-7-6-15-35(39)29-32-52(55)60-58(48)56/h3-34H,1-2H3. The SMILES string of the molecule is CC1(C)c2ccc(-c3c4ccccc4c(-c4ccccc4)c4ccccc34)cc2-c2cccc(-c3ccc4c(c3)c3ccccc3c3c4oc4ccc5ccccc5c43)c21. The van der Waals surface area contributed by atoms with Crippen molar-refractivity contribution in [2.45, 2.75) is 19.3 Å². The molecule has 0 radical (unpaired) electrons. The maximum absolute atomic E-state index is 6.81. The second-order valence-electron chi connectivity index (χ2n) is 17.1. The van der Waals surface area contributed by atoms with Crippen molar-refractivity contribution in [3.05, 3.63) is 205 Å². The van der Waals surface area contributed by atoms with Gasteiger partial charge in [0.1, 0.15) is 11.2 Å². The minimum absolute atomic E-state index is 0.206. The van der Waals surface area contributed by atoms with E-state index >= 15 is 0 Å². The molecule has 0 N–H and O–H groups in total. The van der Waals surface area contributed by atoms with Crippen LogP contribution >= 0.6 is 0 Å². The van der Waals surface area contributed by atoms with Gasteiger partial charge >= 0.3 is 0 Å². The molecule has 11 aromatic carbocycles. The lowest BCUT2D eigenvalue weighted by Crippen LogP contribution is -2.16. The highest BCUT2D eigenvalue weighted by Gasteiger charge is 2.38. The second-order valence-corrected chi connectivity index (χ2v) is 17.1. The first-order valence-corrected chi connectivity index (χ1v) is 21.0. The van der Waals surface area contributed by atoms with Crippen LogP contribution in [-0.2, 0) is 5.41 Å². The third-order valence-electron chi connectivity index (χ3n) is 13.6. The summed E-state index contributed by atoms with van der Waals surface area (Å²) >= 11 is 0. The number of furan rings is 1. The Hall–Kier alpha value is -7.48. The first-order chi connectivity index (χ1) is 29.5. The minimum Gasteiger partial charge on any atom is -0.455 e. The van der Waals surface area contributed by atoms with E-state index in [1.54, 1.807) is 0 Å². The van der Waals surface area contributed by atoms with Crippen molar-refractivity contribution in [1.82, 2.24) is 0 Å². The fourth-order valence-electron chi connectivity index (χ4n) is 11.0. The second kappa shape index (κ2) is 12.3. The first kappa shape index (κ1) is 33.5. The molecule has 1 heteroatoms. The molecule has 1 aromatic heterocycles. The predicted octanol–water partition coefficient (Wildman–Crippen LogP) is 16.7. The summed E-state index contributed by atoms with van der Waals surface area (Å²) in [6.45, 7) is 4.80. The van der Waals surface area contributed by atoms with Crippen LogP contribution in [0.3, 0.4) is 0 Å². The molecular weight excluding hydrogens is 725 g/mol. The lowest BCUT2D eigenvalue weighted by Gasteiger charge is -2.25. The lowest BCUT2D eigenvalue weighted by molar-refractivity contribution is 0.662. The summed E-state index contributed by atoms with van der Waals surface area (Å²) in [7, 11) is 0. The number of hydrogen-bond acceptors (Lipinski definition) is 1. The number of rotatable bonds is 3. The molecule has 60 heavy (non-hydrogen) atoms. The predicted molar refractivity (Wildman–Crippen MR) is 255 cm³/mol. The molecule has 0 bridgehead atoms. The Labute approximate surface area is 347 Å². The van der Waals surface area contributed by atoms with E-state index in [4.69, 9.17) is 4.42 Å². The molecule has 0 amide bonds. The Morgan fingerprint density at radius 1 is 0.350 bits per heavy atom. The molecule has 1 nitrogen and oxygen atoms in total. The molecule has 0 unspecified atom stereocenters. The lowest BCUT2D eigenvalue weighted by atomic mass is 9.78. The van der Waals surface area contributed by atoms with Gasteiger partial charge in [-0.05, 0) is 128 Å². The van der Waals surface area contributed by atoms with Gasteiger partial charge in [0.25, 0.3) is 0 Å². The smallest absolute Gasteiger partial charge is 0.143 e. The van der Waals surface area contributed by atoms with Crippen LogP contribution in [0.1, 0.15) is 25.0 Å². The Bertz CT molecular complexity index is 3730. The van der Waals surface area contributed by atoms with E-state index in [1.165, 1.54) is 115 Å². The van der Waals surface area contributed by atoms with Gasteiger partial charge in [0.15, 0.2) is 0 Å². The van der Waals surface area contributed by atoms with Gasteiger partial charge in [-0.25, -0.2) is 0 Å². The van der Waals surface area contributed by atoms with Crippen LogP contribution in [0.25, 0.3) is 120 Å². The van der Waals surface area contributed by atoms with E-state index in [1.807, 2.05) is 0 Å². The summed E-state index contributed by atoms with van der Waals surface area (Å²) < 4.78 is 6.81. The van der Waals surface area contributed by atoms with Crippen molar-refractivity contribution >= 4 is 75.8 Å². The third-order valence-corrected chi connectivity index (χ3v) is 13.6. The van der Waals surface area contributed by atoms with Crippen molar-refractivity contribution in [1.29, 1.82) is 0 Å². The average Bonchev–Trinajstić information content (AvgIpc) is 3.81. The molecule has 0 saturated heterocycles. The van der Waals surface area contributed by atoms with Crippen LogP contribution in [0.4, 0.5) is 0 Å². The van der Waals surface area contributed by atoms with Gasteiger partial charge in [0.2, 0.25) is 0 Å². The van der Waals surface area contributed by atoms with E-state index in [0.717, 1.165) is 16.6 Å². The zero-order valence-corrected chi connectivity index (χ0v) is 33.4. The molecule has 0 aliphatic heterocycles. The van der Waals surface area contributed by atoms with Crippen LogP contribution < -0.4 is 0 Å². The summed E-state index contributed by atoms with van der Waals surface area (Å²) in [5.41, 5.74) is 14.6. The largest absolute Gasteiger partial charge is 0.455 e. The maximum Gasteiger partial charge on any atom is 0.143 e. The molecular formula is C59H38O. The molecule has 12 aromatic rings. The minimum atomic E-state index is -0.206. The van der Waals surface area contributed by atoms with Crippen LogP contribution in [0.5, 0.6) is 0 Å². The van der Waals surface area contributed by atoms with Crippen LogP contribution in [-0.4, -0.2) is 0 Å². The van der Waals surface area contributed by atoms with Crippen LogP contribution in [0, 0.1) is 0 Å². The third kappa shape index (κ3) is 4.52. The average molecular weight is 763 g/mol. The highest BCUT2D eigenvalue weighted by Crippen LogP contribution is 2.54. The molecule has 13 rings (SSSR count). The van der Waals surface area contributed by atoms with Gasteiger partial charge < -0.3 is 4.42 Å². The van der Waals surface area contributed by atoms with E-state index in [2.05, 4.69) is 208 Å². The fraction of sp³-hybridized carbons (Fsp3) is 0.0508. The normalized spacial score (nSPS) is 13.3. The van der Waals surface area contributed by atoms with Crippen molar-refractivity contribution in [3.63, 3.8) is 0 Å². The van der Waals surface area contributed by atoms with E-state index in [-0.39, 0.29) is 5.41 Å². The Morgan fingerprint density at radius 3 is 1.68 bits per heavy atom. The van der Waals surface area contributed by atoms with Gasteiger partial charge in [-0.1, -0.05) is 184 Å². The summed E-state index contributed by atoms with van der Waals surface area (Å²) in [5.74, 6) is 0. The number of fused-ring (bicyclic) bond motifs is 15. The summed E-state index contributed by atoms with van der Waals surface area (Å²) in [4.78, 5) is 0. The highest BCUT2D eigenvalue weighted by molar-refractivity contribution is 6.34. The van der Waals surface area contributed by atoms with Gasteiger partial charge in [0.05, 0.1) is 0 Å². The van der Waals surface area contributed by atoms with Gasteiger partial charge in [-0.2, -0.15) is 0 Å². The van der Waals surface area contributed by atoms with E-state index in [0.29, 0.717) is 0 Å². The molecule has 1 aliphatic carbocycles. The summed E-state index contributed by atoms with van der Waals surface area (Å²) in [5, 5.41) is 14.8. The Kier molecular flexibility index (Phi) is 6.85. The first-order valence-electron chi connectivity index (χ1n) is 21.0. The van der Waals surface area contributed by atoms with Crippen molar-refractivity contribution in [3.8, 4) is 44.5 Å². The van der Waals surface area contributed by atoms with Crippen LogP contribution in [0.2, 0.25) is 0 Å². The van der Waals surface area contributed by atoms with Crippen molar-refractivity contribution in [2.75, 3.05) is 0 Å². The monoisotopic (exact) mass is 762 g/mol. The molecule has 280 valence electrons. The Morgan fingerprint density at radius 2 is 0.950 bits per heavy atom. The zero-order chi connectivity index (χ0) is 39.7. The van der Waals surface area contributed by atoms with Crippen molar-refractivity contribution < 1.29 is 4.42 Å². The maximum atomic E-state index is 6.81. The quantitative estimate of drug-likeness (QED) is 0.129. The highest BCUT2D eigenvalue weighted by atomic mass is 16.3. The van der Waals surface area contributed by atoms with Crippen molar-refractivity contribution in [2.24, 2.45) is 0 Å². The number of benzene rings is 11. The van der Waals surface area contributed by atoms with E-state index in [9.17, 15) is 0 Å². The zero-order valence-electron chi connectivity index (χ0n) is 33.4. The fourth-order valence-corrected chi connectivity index (χ4v) is 11.0.